The summed E-state index contributed by atoms with van der Waals surface area (Å²) >= 11 is 0. The molecule has 1 amide bonds. The fourth-order valence-electron chi connectivity index (χ4n) is 3.30. The molecule has 1 aliphatic heterocycles. The number of hydrogen-bond acceptors (Lipinski definition) is 3. The van der Waals surface area contributed by atoms with Crippen LogP contribution in [0, 0.1) is 6.92 Å². The minimum absolute atomic E-state index is 0.118. The van der Waals surface area contributed by atoms with Crippen LogP contribution in [0.5, 0.6) is 0 Å². The van der Waals surface area contributed by atoms with Crippen LogP contribution >= 0.6 is 0 Å². The van der Waals surface area contributed by atoms with Gasteiger partial charge < -0.3 is 10.3 Å². The number of benzene rings is 2. The summed E-state index contributed by atoms with van der Waals surface area (Å²) in [6, 6.07) is 14.0. The largest absolute Gasteiger partial charge is 0.310 e. The second kappa shape index (κ2) is 5.05. The van der Waals surface area contributed by atoms with E-state index in [1.807, 2.05) is 42.5 Å². The van der Waals surface area contributed by atoms with E-state index in [0.29, 0.717) is 17.2 Å². The number of hydrogen-bond donors (Lipinski definition) is 2. The SMILES string of the molecule is Cc1nc2c(c(=O)[nH]1)C(c1cccc3ccccc13)CC(=O)N2. The van der Waals surface area contributed by atoms with E-state index in [1.165, 1.54) is 0 Å². The van der Waals surface area contributed by atoms with Crippen LogP contribution in [0.15, 0.2) is 47.3 Å². The molecule has 1 atom stereocenters. The van der Waals surface area contributed by atoms with Gasteiger partial charge in [0.25, 0.3) is 5.56 Å². The monoisotopic (exact) mass is 305 g/mol. The molecule has 0 saturated heterocycles. The van der Waals surface area contributed by atoms with E-state index >= 15 is 0 Å². The first-order chi connectivity index (χ1) is 11.1. The minimum atomic E-state index is -0.290. The average molecular weight is 305 g/mol. The predicted octanol–water partition coefficient (Wildman–Crippen LogP) is 2.71. The van der Waals surface area contributed by atoms with Gasteiger partial charge >= 0.3 is 0 Å². The van der Waals surface area contributed by atoms with Crippen molar-refractivity contribution in [3.63, 3.8) is 0 Å². The minimum Gasteiger partial charge on any atom is -0.310 e. The molecule has 23 heavy (non-hydrogen) atoms. The molecule has 0 spiro atoms. The zero-order chi connectivity index (χ0) is 16.0. The Bertz CT molecular complexity index is 986. The second-order valence-electron chi connectivity index (χ2n) is 5.79. The molecule has 114 valence electrons. The van der Waals surface area contributed by atoms with E-state index in [1.54, 1.807) is 6.92 Å². The van der Waals surface area contributed by atoms with Crippen molar-refractivity contribution in [2.45, 2.75) is 19.3 Å². The molecule has 4 rings (SSSR count). The number of H-pyrrole nitrogens is 1. The van der Waals surface area contributed by atoms with Gasteiger partial charge in [0.2, 0.25) is 5.91 Å². The number of carbonyl (C=O) groups excluding carboxylic acids is 1. The molecule has 1 unspecified atom stereocenters. The number of carbonyl (C=O) groups is 1. The summed E-state index contributed by atoms with van der Waals surface area (Å²) in [4.78, 5) is 31.6. The van der Waals surface area contributed by atoms with Crippen LogP contribution in [0.4, 0.5) is 5.82 Å². The van der Waals surface area contributed by atoms with Gasteiger partial charge in [0.05, 0.1) is 5.56 Å². The van der Waals surface area contributed by atoms with Crippen molar-refractivity contribution in [1.82, 2.24) is 9.97 Å². The highest BCUT2D eigenvalue weighted by Crippen LogP contribution is 2.37. The Balaban J connectivity index is 2.00. The molecule has 2 aromatic carbocycles. The van der Waals surface area contributed by atoms with Crippen LogP contribution in [0.1, 0.15) is 29.3 Å². The van der Waals surface area contributed by atoms with Gasteiger partial charge in [-0.3, -0.25) is 9.59 Å². The highest BCUT2D eigenvalue weighted by atomic mass is 16.2. The van der Waals surface area contributed by atoms with E-state index in [4.69, 9.17) is 0 Å². The first-order valence-electron chi connectivity index (χ1n) is 7.52. The Labute approximate surface area is 132 Å². The number of anilines is 1. The number of rotatable bonds is 1. The van der Waals surface area contributed by atoms with Gasteiger partial charge in [-0.1, -0.05) is 42.5 Å². The zero-order valence-corrected chi connectivity index (χ0v) is 12.6. The van der Waals surface area contributed by atoms with Crippen LogP contribution in [-0.4, -0.2) is 15.9 Å². The summed E-state index contributed by atoms with van der Waals surface area (Å²) in [7, 11) is 0. The van der Waals surface area contributed by atoms with Crippen molar-refractivity contribution >= 4 is 22.5 Å². The van der Waals surface area contributed by atoms with E-state index in [0.717, 1.165) is 16.3 Å². The molecule has 0 aliphatic carbocycles. The Kier molecular flexibility index (Phi) is 3.01. The first-order valence-corrected chi connectivity index (χ1v) is 7.52. The maximum Gasteiger partial charge on any atom is 0.256 e. The third-order valence-electron chi connectivity index (χ3n) is 4.27. The van der Waals surface area contributed by atoms with Gasteiger partial charge in [-0.15, -0.1) is 0 Å². The molecule has 0 fully saturated rings. The quantitative estimate of drug-likeness (QED) is 0.726. The number of aryl methyl sites for hydroxylation is 1. The number of aromatic amines is 1. The maximum absolute atomic E-state index is 12.5. The Morgan fingerprint density at radius 3 is 2.74 bits per heavy atom. The first kappa shape index (κ1) is 13.7. The van der Waals surface area contributed by atoms with Crippen LogP contribution in [0.2, 0.25) is 0 Å². The molecule has 0 saturated carbocycles. The van der Waals surface area contributed by atoms with E-state index in [9.17, 15) is 9.59 Å². The van der Waals surface area contributed by atoms with Crippen molar-refractivity contribution in [2.24, 2.45) is 0 Å². The number of amides is 1. The van der Waals surface area contributed by atoms with Gasteiger partial charge in [-0.2, -0.15) is 0 Å². The van der Waals surface area contributed by atoms with Gasteiger partial charge in [-0.05, 0) is 23.3 Å². The van der Waals surface area contributed by atoms with E-state index < -0.39 is 0 Å². The third kappa shape index (κ3) is 2.21. The lowest BCUT2D eigenvalue weighted by Gasteiger charge is -2.25. The number of fused-ring (bicyclic) bond motifs is 2. The van der Waals surface area contributed by atoms with Gasteiger partial charge in [0, 0.05) is 12.3 Å². The van der Waals surface area contributed by atoms with Crippen molar-refractivity contribution in [3.05, 3.63) is 69.8 Å². The predicted molar refractivity (Wildman–Crippen MR) is 88.6 cm³/mol. The summed E-state index contributed by atoms with van der Waals surface area (Å²) < 4.78 is 0. The molecular formula is C18H15N3O2. The summed E-state index contributed by atoms with van der Waals surface area (Å²) in [5, 5.41) is 4.87. The standard InChI is InChI=1S/C18H15N3O2/c1-10-19-17-16(18(23)20-10)14(9-15(22)21-17)13-8-4-6-11-5-2-3-7-12(11)13/h2-8,14H,9H2,1H3,(H2,19,20,21,22,23). The number of nitrogens with one attached hydrogen (secondary N) is 2. The van der Waals surface area contributed by atoms with Crippen LogP contribution < -0.4 is 10.9 Å². The van der Waals surface area contributed by atoms with Crippen molar-refractivity contribution in [2.75, 3.05) is 5.32 Å². The molecule has 1 aromatic heterocycles. The molecule has 5 nitrogen and oxygen atoms in total. The van der Waals surface area contributed by atoms with Crippen molar-refractivity contribution < 1.29 is 4.79 Å². The molecule has 0 bridgehead atoms. The Hall–Kier alpha value is -2.95. The third-order valence-corrected chi connectivity index (χ3v) is 4.27. The molecular weight excluding hydrogens is 290 g/mol. The summed E-state index contributed by atoms with van der Waals surface area (Å²) in [5.41, 5.74) is 1.33. The summed E-state index contributed by atoms with van der Waals surface area (Å²) in [6.45, 7) is 1.70. The fraction of sp³-hybridized carbons (Fsp3) is 0.167. The smallest absolute Gasteiger partial charge is 0.256 e. The Morgan fingerprint density at radius 2 is 1.87 bits per heavy atom. The molecule has 2 N–H and O–H groups in total. The maximum atomic E-state index is 12.5. The van der Waals surface area contributed by atoms with Crippen LogP contribution in [-0.2, 0) is 4.79 Å². The molecule has 0 radical (unpaired) electrons. The fourth-order valence-corrected chi connectivity index (χ4v) is 3.30. The molecule has 1 aliphatic rings. The molecule has 3 aromatic rings. The highest BCUT2D eigenvalue weighted by Gasteiger charge is 2.31. The highest BCUT2D eigenvalue weighted by molar-refractivity contribution is 5.95. The lowest BCUT2D eigenvalue weighted by Crippen LogP contribution is -2.31. The second-order valence-corrected chi connectivity index (χ2v) is 5.79. The van der Waals surface area contributed by atoms with E-state index in [2.05, 4.69) is 15.3 Å². The topological polar surface area (TPSA) is 74.8 Å². The Morgan fingerprint density at radius 1 is 1.09 bits per heavy atom. The lowest BCUT2D eigenvalue weighted by molar-refractivity contribution is -0.116. The summed E-state index contributed by atoms with van der Waals surface area (Å²) in [5.74, 6) is 0.461. The van der Waals surface area contributed by atoms with Crippen LogP contribution in [0.3, 0.4) is 0 Å². The lowest BCUT2D eigenvalue weighted by atomic mass is 9.84. The van der Waals surface area contributed by atoms with E-state index in [-0.39, 0.29) is 23.8 Å². The molecule has 5 heteroatoms. The molecule has 2 heterocycles. The van der Waals surface area contributed by atoms with Gasteiger partial charge in [-0.25, -0.2) is 4.98 Å². The van der Waals surface area contributed by atoms with Gasteiger partial charge in [0.15, 0.2) is 0 Å². The van der Waals surface area contributed by atoms with Crippen molar-refractivity contribution in [1.29, 1.82) is 0 Å². The van der Waals surface area contributed by atoms with Crippen molar-refractivity contribution in [3.8, 4) is 0 Å². The van der Waals surface area contributed by atoms with Crippen LogP contribution in [0.25, 0.3) is 10.8 Å². The number of aromatic nitrogens is 2. The van der Waals surface area contributed by atoms with Gasteiger partial charge in [0.1, 0.15) is 11.6 Å². The number of nitrogens with zero attached hydrogens (tertiary/aromatic N) is 1. The normalized spacial score (nSPS) is 16.9. The summed E-state index contributed by atoms with van der Waals surface area (Å²) in [6.07, 6.45) is 0.245. The average Bonchev–Trinajstić information content (AvgIpc) is 2.52. The zero-order valence-electron chi connectivity index (χ0n) is 12.6.